The van der Waals surface area contributed by atoms with E-state index in [-0.39, 0.29) is 6.04 Å². The predicted octanol–water partition coefficient (Wildman–Crippen LogP) is 1.27. The van der Waals surface area contributed by atoms with Crippen molar-refractivity contribution in [2.75, 3.05) is 30.4 Å². The number of rotatable bonds is 3. The van der Waals surface area contributed by atoms with E-state index in [1.54, 1.807) is 0 Å². The van der Waals surface area contributed by atoms with E-state index >= 15 is 0 Å². The second-order valence-electron chi connectivity index (χ2n) is 5.64. The zero-order chi connectivity index (χ0) is 13.5. The Kier molecular flexibility index (Phi) is 3.27. The van der Waals surface area contributed by atoms with E-state index in [9.17, 15) is 8.42 Å². The van der Waals surface area contributed by atoms with Gasteiger partial charge in [-0.2, -0.15) is 0 Å². The zero-order valence-corrected chi connectivity index (χ0v) is 12.0. The number of nitrogens with one attached hydrogen (secondary N) is 1. The maximum absolute atomic E-state index is 11.5. The summed E-state index contributed by atoms with van der Waals surface area (Å²) in [5.41, 5.74) is 3.90. The van der Waals surface area contributed by atoms with E-state index in [4.69, 9.17) is 0 Å². The van der Waals surface area contributed by atoms with E-state index in [1.165, 1.54) is 16.8 Å². The monoisotopic (exact) mass is 280 g/mol. The minimum Gasteiger partial charge on any atom is -0.384 e. The highest BCUT2D eigenvalue weighted by Gasteiger charge is 2.30. The first-order chi connectivity index (χ1) is 9.03. The van der Waals surface area contributed by atoms with Crippen molar-refractivity contribution < 1.29 is 8.42 Å². The maximum atomic E-state index is 11.5. The molecular weight excluding hydrogens is 260 g/mol. The highest BCUT2D eigenvalue weighted by molar-refractivity contribution is 7.91. The van der Waals surface area contributed by atoms with Gasteiger partial charge in [0.1, 0.15) is 0 Å². The lowest BCUT2D eigenvalue weighted by molar-refractivity contribution is 0.254. The summed E-state index contributed by atoms with van der Waals surface area (Å²) in [6.45, 7) is 1.85. The number of fused-ring (bicyclic) bond motifs is 1. The van der Waals surface area contributed by atoms with E-state index in [0.29, 0.717) is 11.5 Å². The van der Waals surface area contributed by atoms with Crippen molar-refractivity contribution in [3.8, 4) is 0 Å². The fourth-order valence-electron chi connectivity index (χ4n) is 3.00. The predicted molar refractivity (Wildman–Crippen MR) is 77.2 cm³/mol. The molecule has 2 aliphatic rings. The fourth-order valence-corrected chi connectivity index (χ4v) is 4.80. The molecule has 19 heavy (non-hydrogen) atoms. The van der Waals surface area contributed by atoms with Crippen LogP contribution >= 0.6 is 0 Å². The number of hydrogen-bond donors (Lipinski definition) is 1. The lowest BCUT2D eigenvalue weighted by Crippen LogP contribution is -2.32. The topological polar surface area (TPSA) is 49.4 Å². The average Bonchev–Trinajstić information content (AvgIpc) is 2.94. The van der Waals surface area contributed by atoms with Gasteiger partial charge in [0.25, 0.3) is 0 Å². The Labute approximate surface area is 114 Å². The largest absolute Gasteiger partial charge is 0.384 e. The van der Waals surface area contributed by atoms with E-state index in [2.05, 4.69) is 28.4 Å². The van der Waals surface area contributed by atoms with Crippen molar-refractivity contribution in [1.29, 1.82) is 0 Å². The van der Waals surface area contributed by atoms with Crippen LogP contribution in [0.4, 0.5) is 5.69 Å². The number of nitrogens with zero attached hydrogens (tertiary/aromatic N) is 1. The van der Waals surface area contributed by atoms with E-state index in [0.717, 1.165) is 25.9 Å². The first kappa shape index (κ1) is 12.9. The summed E-state index contributed by atoms with van der Waals surface area (Å²) in [7, 11) is -0.769. The van der Waals surface area contributed by atoms with Gasteiger partial charge in [0, 0.05) is 24.8 Å². The van der Waals surface area contributed by atoms with Crippen LogP contribution in [0, 0.1) is 0 Å². The Balaban J connectivity index is 1.68. The van der Waals surface area contributed by atoms with Crippen LogP contribution in [0.25, 0.3) is 0 Å². The van der Waals surface area contributed by atoms with Gasteiger partial charge in [-0.3, -0.25) is 4.90 Å². The standard InChI is InChI=1S/C14H20N2O2S/c1-16(13-5-7-19(17,18)10-13)9-11-2-3-14-12(8-11)4-6-15-14/h2-3,8,13,15H,4-7,9-10H2,1H3. The smallest absolute Gasteiger partial charge is 0.151 e. The van der Waals surface area contributed by atoms with Gasteiger partial charge in [-0.1, -0.05) is 12.1 Å². The van der Waals surface area contributed by atoms with Crippen LogP contribution < -0.4 is 5.32 Å². The van der Waals surface area contributed by atoms with Crippen LogP contribution in [0.1, 0.15) is 17.5 Å². The first-order valence-electron chi connectivity index (χ1n) is 6.80. The molecule has 0 aromatic heterocycles. The molecule has 2 heterocycles. The minimum atomic E-state index is -2.79. The molecule has 0 bridgehead atoms. The highest BCUT2D eigenvalue weighted by atomic mass is 32.2. The molecule has 1 saturated heterocycles. The number of benzene rings is 1. The molecule has 2 aliphatic heterocycles. The molecule has 4 nitrogen and oxygen atoms in total. The van der Waals surface area contributed by atoms with Gasteiger partial charge in [0.2, 0.25) is 0 Å². The van der Waals surface area contributed by atoms with Gasteiger partial charge in [0.05, 0.1) is 11.5 Å². The van der Waals surface area contributed by atoms with Crippen LogP contribution in [0.2, 0.25) is 0 Å². The Bertz CT molecular complexity index is 583. The van der Waals surface area contributed by atoms with Gasteiger partial charge in [-0.05, 0) is 37.1 Å². The van der Waals surface area contributed by atoms with Gasteiger partial charge in [-0.15, -0.1) is 0 Å². The maximum Gasteiger partial charge on any atom is 0.151 e. The third-order valence-corrected chi connectivity index (χ3v) is 5.89. The third-order valence-electron chi connectivity index (χ3n) is 4.14. The number of anilines is 1. The van der Waals surface area contributed by atoms with Crippen LogP contribution in [0.5, 0.6) is 0 Å². The normalized spacial score (nSPS) is 24.4. The van der Waals surface area contributed by atoms with Crippen molar-refractivity contribution in [2.24, 2.45) is 0 Å². The molecule has 1 unspecified atom stereocenters. The lowest BCUT2D eigenvalue weighted by atomic mass is 10.1. The molecule has 0 aliphatic carbocycles. The molecule has 1 N–H and O–H groups in total. The quantitative estimate of drug-likeness (QED) is 0.906. The van der Waals surface area contributed by atoms with Crippen LogP contribution in [0.15, 0.2) is 18.2 Å². The van der Waals surface area contributed by atoms with Crippen LogP contribution in [-0.2, 0) is 22.8 Å². The fraction of sp³-hybridized carbons (Fsp3) is 0.571. The molecule has 5 heteroatoms. The molecule has 0 saturated carbocycles. The Morgan fingerprint density at radius 1 is 1.42 bits per heavy atom. The molecule has 1 atom stereocenters. The van der Waals surface area contributed by atoms with E-state index < -0.39 is 9.84 Å². The van der Waals surface area contributed by atoms with Gasteiger partial charge in [0.15, 0.2) is 9.84 Å². The van der Waals surface area contributed by atoms with Crippen molar-refractivity contribution >= 4 is 15.5 Å². The molecule has 104 valence electrons. The second-order valence-corrected chi connectivity index (χ2v) is 7.87. The minimum absolute atomic E-state index is 0.177. The Morgan fingerprint density at radius 2 is 2.26 bits per heavy atom. The van der Waals surface area contributed by atoms with Crippen molar-refractivity contribution in [3.05, 3.63) is 29.3 Å². The summed E-state index contributed by atoms with van der Waals surface area (Å²) in [5, 5.41) is 3.35. The number of hydrogen-bond acceptors (Lipinski definition) is 4. The SMILES string of the molecule is CN(Cc1ccc2c(c1)CCN2)C1CCS(=O)(=O)C1. The average molecular weight is 280 g/mol. The summed E-state index contributed by atoms with van der Waals surface area (Å²) in [6, 6.07) is 6.69. The molecule has 1 fully saturated rings. The van der Waals surface area contributed by atoms with Crippen molar-refractivity contribution in [1.82, 2.24) is 4.90 Å². The summed E-state index contributed by atoms with van der Waals surface area (Å²) >= 11 is 0. The van der Waals surface area contributed by atoms with Gasteiger partial charge in [-0.25, -0.2) is 8.42 Å². The molecule has 0 radical (unpaired) electrons. The van der Waals surface area contributed by atoms with E-state index in [1.807, 2.05) is 7.05 Å². The van der Waals surface area contributed by atoms with Crippen molar-refractivity contribution in [2.45, 2.75) is 25.4 Å². The summed E-state index contributed by atoms with van der Waals surface area (Å²) in [5.74, 6) is 0.659. The highest BCUT2D eigenvalue weighted by Crippen LogP contribution is 2.24. The number of sulfone groups is 1. The molecular formula is C14H20N2O2S. The Morgan fingerprint density at radius 3 is 3.00 bits per heavy atom. The molecule has 0 amide bonds. The zero-order valence-electron chi connectivity index (χ0n) is 11.2. The lowest BCUT2D eigenvalue weighted by Gasteiger charge is -2.23. The summed E-state index contributed by atoms with van der Waals surface area (Å²) in [6.07, 6.45) is 1.86. The molecule has 1 aromatic carbocycles. The summed E-state index contributed by atoms with van der Waals surface area (Å²) in [4.78, 5) is 2.18. The third kappa shape index (κ3) is 2.77. The Hall–Kier alpha value is -1.07. The second kappa shape index (κ2) is 4.80. The van der Waals surface area contributed by atoms with Gasteiger partial charge < -0.3 is 5.32 Å². The van der Waals surface area contributed by atoms with Gasteiger partial charge >= 0.3 is 0 Å². The summed E-state index contributed by atoms with van der Waals surface area (Å²) < 4.78 is 23.0. The molecule has 3 rings (SSSR count). The van der Waals surface area contributed by atoms with Crippen molar-refractivity contribution in [3.63, 3.8) is 0 Å². The molecule has 0 spiro atoms. The van der Waals surface area contributed by atoms with Crippen LogP contribution in [-0.4, -0.2) is 44.5 Å². The van der Waals surface area contributed by atoms with Crippen LogP contribution in [0.3, 0.4) is 0 Å². The molecule has 1 aromatic rings. The first-order valence-corrected chi connectivity index (χ1v) is 8.62.